The van der Waals surface area contributed by atoms with Crippen molar-refractivity contribution in [3.05, 3.63) is 52.7 Å². The normalized spacial score (nSPS) is 9.95. The molecule has 1 aromatic carbocycles. The van der Waals surface area contributed by atoms with Gasteiger partial charge < -0.3 is 4.74 Å². The molecule has 0 radical (unpaired) electrons. The van der Waals surface area contributed by atoms with Gasteiger partial charge in [-0.2, -0.15) is 0 Å². The van der Waals surface area contributed by atoms with Gasteiger partial charge in [-0.05, 0) is 18.2 Å². The minimum absolute atomic E-state index is 0.0845. The number of hydrogen-bond donors (Lipinski definition) is 0. The molecule has 0 unspecified atom stereocenters. The van der Waals surface area contributed by atoms with Crippen molar-refractivity contribution in [3.63, 3.8) is 0 Å². The van der Waals surface area contributed by atoms with Crippen molar-refractivity contribution in [2.75, 3.05) is 0 Å². The first-order chi connectivity index (χ1) is 9.09. The molecule has 6 nitrogen and oxygen atoms in total. The molecule has 0 bridgehead atoms. The molecule has 0 aliphatic rings. The molecule has 0 saturated carbocycles. The Morgan fingerprint density at radius 3 is 2.63 bits per heavy atom. The van der Waals surface area contributed by atoms with E-state index in [2.05, 4.69) is 4.98 Å². The fraction of sp³-hybridized carbons (Fsp3) is 0.0769. The van der Waals surface area contributed by atoms with Gasteiger partial charge in [0.15, 0.2) is 0 Å². The van der Waals surface area contributed by atoms with Crippen LogP contribution >= 0.6 is 0 Å². The third kappa shape index (κ3) is 2.74. The second-order valence-electron chi connectivity index (χ2n) is 3.72. The largest absolute Gasteiger partial charge is 0.419 e. The highest BCUT2D eigenvalue weighted by Gasteiger charge is 2.21. The average molecular weight is 258 g/mol. The van der Waals surface area contributed by atoms with Crippen LogP contribution in [0.25, 0.3) is 11.3 Å². The van der Waals surface area contributed by atoms with Crippen LogP contribution in [0, 0.1) is 10.1 Å². The summed E-state index contributed by atoms with van der Waals surface area (Å²) in [5.41, 5.74) is 0.644. The lowest BCUT2D eigenvalue weighted by Gasteiger charge is -2.08. The van der Waals surface area contributed by atoms with Crippen molar-refractivity contribution in [1.29, 1.82) is 0 Å². The minimum atomic E-state index is -0.619. The number of nitro groups is 1. The second kappa shape index (κ2) is 5.26. The van der Waals surface area contributed by atoms with Gasteiger partial charge in [0.05, 0.1) is 16.2 Å². The number of para-hydroxylation sites is 1. The smallest absolute Gasteiger partial charge is 0.312 e. The van der Waals surface area contributed by atoms with Gasteiger partial charge in [-0.25, -0.2) is 0 Å². The molecule has 0 aliphatic carbocycles. The summed E-state index contributed by atoms with van der Waals surface area (Å²) in [6.07, 6.45) is 1.56. The summed E-state index contributed by atoms with van der Waals surface area (Å²) in [5, 5.41) is 11.0. The maximum absolute atomic E-state index is 11.1. The number of nitrogens with zero attached hydrogens (tertiary/aromatic N) is 2. The monoisotopic (exact) mass is 258 g/mol. The fourth-order valence-electron chi connectivity index (χ4n) is 1.64. The maximum atomic E-state index is 11.1. The van der Waals surface area contributed by atoms with Crippen molar-refractivity contribution in [3.8, 4) is 17.0 Å². The molecule has 0 saturated heterocycles. The lowest BCUT2D eigenvalue weighted by atomic mass is 10.1. The topological polar surface area (TPSA) is 82.3 Å². The van der Waals surface area contributed by atoms with E-state index in [4.69, 9.17) is 4.74 Å². The van der Waals surface area contributed by atoms with Crippen LogP contribution in [0.4, 0.5) is 5.69 Å². The highest BCUT2D eigenvalue weighted by Crippen LogP contribution is 2.36. The Hall–Kier alpha value is -2.76. The summed E-state index contributed by atoms with van der Waals surface area (Å²) < 4.78 is 4.97. The van der Waals surface area contributed by atoms with E-state index >= 15 is 0 Å². The van der Waals surface area contributed by atoms with Gasteiger partial charge in [-0.3, -0.25) is 19.9 Å². The van der Waals surface area contributed by atoms with Crippen molar-refractivity contribution in [2.24, 2.45) is 0 Å². The predicted octanol–water partition coefficient (Wildman–Crippen LogP) is 2.58. The zero-order valence-electron chi connectivity index (χ0n) is 10.1. The van der Waals surface area contributed by atoms with E-state index in [1.807, 2.05) is 0 Å². The number of pyridine rings is 1. The van der Waals surface area contributed by atoms with Crippen LogP contribution in [0.5, 0.6) is 5.75 Å². The van der Waals surface area contributed by atoms with E-state index in [9.17, 15) is 14.9 Å². The molecule has 0 aliphatic heterocycles. The van der Waals surface area contributed by atoms with Crippen LogP contribution < -0.4 is 4.74 Å². The van der Waals surface area contributed by atoms with Gasteiger partial charge in [-0.1, -0.05) is 12.1 Å². The Morgan fingerprint density at radius 2 is 2.05 bits per heavy atom. The molecule has 2 aromatic rings. The average Bonchev–Trinajstić information content (AvgIpc) is 2.39. The lowest BCUT2D eigenvalue weighted by molar-refractivity contribution is -0.385. The number of carbonyl (C=O) groups is 1. The molecule has 1 heterocycles. The van der Waals surface area contributed by atoms with Crippen molar-refractivity contribution in [2.45, 2.75) is 6.92 Å². The SMILES string of the molecule is CC(=O)Oc1c(-c2ccccn2)cccc1[N+](=O)[O-]. The first-order valence-corrected chi connectivity index (χ1v) is 5.47. The van der Waals surface area contributed by atoms with Crippen LogP contribution in [0.2, 0.25) is 0 Å². The molecule has 6 heteroatoms. The summed E-state index contributed by atoms with van der Waals surface area (Å²) in [5.74, 6) is -0.704. The number of aromatic nitrogens is 1. The molecule has 2 rings (SSSR count). The van der Waals surface area contributed by atoms with Crippen LogP contribution in [-0.2, 0) is 4.79 Å². The highest BCUT2D eigenvalue weighted by molar-refractivity contribution is 5.79. The van der Waals surface area contributed by atoms with Gasteiger partial charge in [0.2, 0.25) is 5.75 Å². The Balaban J connectivity index is 2.63. The zero-order chi connectivity index (χ0) is 13.8. The van der Waals surface area contributed by atoms with Gasteiger partial charge >= 0.3 is 11.7 Å². The highest BCUT2D eigenvalue weighted by atomic mass is 16.6. The standard InChI is InChI=1S/C13H10N2O4/c1-9(16)19-13-10(11-6-2-3-8-14-11)5-4-7-12(13)15(17)18/h2-8H,1H3. The van der Waals surface area contributed by atoms with E-state index in [1.54, 1.807) is 30.5 Å². The van der Waals surface area contributed by atoms with E-state index in [1.165, 1.54) is 19.1 Å². The Bertz CT molecular complexity index is 626. The third-order valence-electron chi connectivity index (χ3n) is 2.38. The number of rotatable bonds is 3. The lowest BCUT2D eigenvalue weighted by Crippen LogP contribution is -2.05. The number of nitro benzene ring substituents is 1. The van der Waals surface area contributed by atoms with Gasteiger partial charge in [0.25, 0.3) is 0 Å². The Kier molecular flexibility index (Phi) is 3.51. The summed E-state index contributed by atoms with van der Waals surface area (Å²) in [6, 6.07) is 9.59. The van der Waals surface area contributed by atoms with Crippen LogP contribution in [-0.4, -0.2) is 15.9 Å². The second-order valence-corrected chi connectivity index (χ2v) is 3.72. The summed E-state index contributed by atoms with van der Waals surface area (Å²) >= 11 is 0. The summed E-state index contributed by atoms with van der Waals surface area (Å²) in [4.78, 5) is 25.6. The molecular weight excluding hydrogens is 248 g/mol. The first-order valence-electron chi connectivity index (χ1n) is 5.47. The minimum Gasteiger partial charge on any atom is -0.419 e. The molecule has 19 heavy (non-hydrogen) atoms. The van der Waals surface area contributed by atoms with Gasteiger partial charge in [0, 0.05) is 19.2 Å². The molecule has 0 N–H and O–H groups in total. The maximum Gasteiger partial charge on any atom is 0.312 e. The van der Waals surface area contributed by atoms with E-state index in [0.717, 1.165) is 0 Å². The third-order valence-corrected chi connectivity index (χ3v) is 2.38. The quantitative estimate of drug-likeness (QED) is 0.365. The zero-order valence-corrected chi connectivity index (χ0v) is 10.1. The Labute approximate surface area is 108 Å². The number of ether oxygens (including phenoxy) is 1. The van der Waals surface area contributed by atoms with Gasteiger partial charge in [0.1, 0.15) is 0 Å². The van der Waals surface area contributed by atoms with Crippen molar-refractivity contribution >= 4 is 11.7 Å². The van der Waals surface area contributed by atoms with Crippen LogP contribution in [0.1, 0.15) is 6.92 Å². The summed E-state index contributed by atoms with van der Waals surface area (Å²) in [6.45, 7) is 1.19. The molecule has 0 atom stereocenters. The predicted molar refractivity (Wildman–Crippen MR) is 67.6 cm³/mol. The molecule has 96 valence electrons. The molecule has 0 fully saturated rings. The Morgan fingerprint density at radius 1 is 1.26 bits per heavy atom. The van der Waals surface area contributed by atoms with Crippen LogP contribution in [0.15, 0.2) is 42.6 Å². The molecule has 0 amide bonds. The fourth-order valence-corrected chi connectivity index (χ4v) is 1.64. The number of carbonyl (C=O) groups excluding carboxylic acids is 1. The molecular formula is C13H10N2O4. The molecule has 0 spiro atoms. The number of hydrogen-bond acceptors (Lipinski definition) is 5. The van der Waals surface area contributed by atoms with Crippen molar-refractivity contribution < 1.29 is 14.5 Å². The summed E-state index contributed by atoms with van der Waals surface area (Å²) in [7, 11) is 0. The molecule has 1 aromatic heterocycles. The van der Waals surface area contributed by atoms with Gasteiger partial charge in [-0.15, -0.1) is 0 Å². The van der Waals surface area contributed by atoms with E-state index < -0.39 is 10.9 Å². The van der Waals surface area contributed by atoms with E-state index in [-0.39, 0.29) is 11.4 Å². The first kappa shape index (κ1) is 12.7. The number of esters is 1. The van der Waals surface area contributed by atoms with Crippen molar-refractivity contribution in [1.82, 2.24) is 4.98 Å². The number of benzene rings is 1. The van der Waals surface area contributed by atoms with E-state index in [0.29, 0.717) is 11.3 Å². The van der Waals surface area contributed by atoms with Crippen LogP contribution in [0.3, 0.4) is 0 Å².